The number of rotatable bonds is 3. The highest BCUT2D eigenvalue weighted by Crippen LogP contribution is 2.30. The topological polar surface area (TPSA) is 41.1 Å². The van der Waals surface area contributed by atoms with Crippen molar-refractivity contribution < 1.29 is 4.79 Å². The molecule has 1 aliphatic carbocycles. The fraction of sp³-hybridized carbons (Fsp3) is 0.562. The minimum atomic E-state index is -0.0320. The van der Waals surface area contributed by atoms with Crippen LogP contribution in [-0.4, -0.2) is 11.9 Å². The highest BCUT2D eigenvalue weighted by Gasteiger charge is 2.25. The third kappa shape index (κ3) is 3.98. The summed E-state index contributed by atoms with van der Waals surface area (Å²) < 4.78 is 0. The molecule has 1 saturated carbocycles. The molecule has 1 aromatic carbocycles. The normalized spacial score (nSPS) is 26.8. The fourth-order valence-corrected chi connectivity index (χ4v) is 2.80. The Balaban J connectivity index is 1.96. The molecule has 19 heavy (non-hydrogen) atoms. The minimum Gasteiger partial charge on any atom is -0.382 e. The van der Waals surface area contributed by atoms with Crippen LogP contribution in [0.2, 0.25) is 0 Å². The molecule has 2 rings (SSSR count). The number of hydrogen-bond donors (Lipinski definition) is 2. The molecule has 3 unspecified atom stereocenters. The molecule has 0 radical (unpaired) electrons. The van der Waals surface area contributed by atoms with Crippen LogP contribution in [0.1, 0.15) is 40.0 Å². The van der Waals surface area contributed by atoms with Gasteiger partial charge in [0.25, 0.3) is 0 Å². The Hall–Kier alpha value is -1.51. The van der Waals surface area contributed by atoms with Crippen LogP contribution < -0.4 is 10.6 Å². The van der Waals surface area contributed by atoms with Crippen LogP contribution in [-0.2, 0) is 4.79 Å². The maximum Gasteiger partial charge on any atom is 0.221 e. The molecule has 2 N–H and O–H groups in total. The average molecular weight is 260 g/mol. The molecule has 0 spiro atoms. The van der Waals surface area contributed by atoms with Gasteiger partial charge in [0.05, 0.1) is 0 Å². The molecule has 3 heteroatoms. The van der Waals surface area contributed by atoms with Gasteiger partial charge in [-0.15, -0.1) is 0 Å². The van der Waals surface area contributed by atoms with Gasteiger partial charge in [0, 0.05) is 24.3 Å². The van der Waals surface area contributed by atoms with Gasteiger partial charge in [-0.05, 0) is 48.9 Å². The number of nitrogens with one attached hydrogen (secondary N) is 2. The lowest BCUT2D eigenvalue weighted by Gasteiger charge is -2.34. The first-order chi connectivity index (χ1) is 9.04. The van der Waals surface area contributed by atoms with Crippen molar-refractivity contribution >= 4 is 17.3 Å². The van der Waals surface area contributed by atoms with Crippen molar-refractivity contribution in [3.8, 4) is 0 Å². The number of amides is 1. The lowest BCUT2D eigenvalue weighted by molar-refractivity contribution is -0.114. The van der Waals surface area contributed by atoms with Crippen molar-refractivity contribution in [2.24, 2.45) is 11.8 Å². The van der Waals surface area contributed by atoms with E-state index in [0.717, 1.165) is 23.2 Å². The van der Waals surface area contributed by atoms with E-state index in [4.69, 9.17) is 0 Å². The van der Waals surface area contributed by atoms with E-state index in [0.29, 0.717) is 6.04 Å². The Morgan fingerprint density at radius 3 is 2.37 bits per heavy atom. The van der Waals surface area contributed by atoms with Gasteiger partial charge in [0.2, 0.25) is 5.91 Å². The molecule has 104 valence electrons. The first-order valence-electron chi connectivity index (χ1n) is 7.19. The van der Waals surface area contributed by atoms with Crippen molar-refractivity contribution in [1.82, 2.24) is 0 Å². The Kier molecular flexibility index (Phi) is 4.46. The second-order valence-corrected chi connectivity index (χ2v) is 5.90. The molecule has 3 nitrogen and oxygen atoms in total. The van der Waals surface area contributed by atoms with Gasteiger partial charge >= 0.3 is 0 Å². The van der Waals surface area contributed by atoms with Gasteiger partial charge < -0.3 is 10.6 Å². The van der Waals surface area contributed by atoms with Crippen LogP contribution in [0.5, 0.6) is 0 Å². The van der Waals surface area contributed by atoms with Crippen molar-refractivity contribution in [2.75, 3.05) is 10.6 Å². The standard InChI is InChI=1S/C16H24N2O/c1-11-4-5-12(2)16(10-11)18-15-8-6-14(7-9-15)17-13(3)19/h6-9,11-12,16,18H,4-5,10H2,1-3H3,(H,17,19). The molecule has 1 amide bonds. The third-order valence-corrected chi connectivity index (χ3v) is 4.02. The second kappa shape index (κ2) is 6.09. The first kappa shape index (κ1) is 13.9. The van der Waals surface area contributed by atoms with Crippen molar-refractivity contribution in [2.45, 2.75) is 46.1 Å². The Labute approximate surface area is 115 Å². The van der Waals surface area contributed by atoms with Gasteiger partial charge in [-0.25, -0.2) is 0 Å². The van der Waals surface area contributed by atoms with E-state index in [9.17, 15) is 4.79 Å². The molecule has 0 saturated heterocycles. The summed E-state index contributed by atoms with van der Waals surface area (Å²) in [7, 11) is 0. The predicted molar refractivity (Wildman–Crippen MR) is 80.3 cm³/mol. The Morgan fingerprint density at radius 1 is 1.11 bits per heavy atom. The fourth-order valence-electron chi connectivity index (χ4n) is 2.80. The largest absolute Gasteiger partial charge is 0.382 e. The number of carbonyl (C=O) groups is 1. The summed E-state index contributed by atoms with van der Waals surface area (Å²) in [5, 5.41) is 6.41. The molecule has 0 aromatic heterocycles. The monoisotopic (exact) mass is 260 g/mol. The van der Waals surface area contributed by atoms with E-state index in [-0.39, 0.29) is 5.91 Å². The Bertz CT molecular complexity index is 427. The van der Waals surface area contributed by atoms with E-state index in [1.807, 2.05) is 24.3 Å². The van der Waals surface area contributed by atoms with Crippen LogP contribution >= 0.6 is 0 Å². The van der Waals surface area contributed by atoms with Gasteiger partial charge in [0.1, 0.15) is 0 Å². The highest BCUT2D eigenvalue weighted by molar-refractivity contribution is 5.88. The number of benzene rings is 1. The molecule has 1 fully saturated rings. The zero-order chi connectivity index (χ0) is 13.8. The molecular formula is C16H24N2O. The highest BCUT2D eigenvalue weighted by atomic mass is 16.1. The van der Waals surface area contributed by atoms with Gasteiger partial charge in [-0.3, -0.25) is 4.79 Å². The summed E-state index contributed by atoms with van der Waals surface area (Å²) in [5.41, 5.74) is 1.99. The van der Waals surface area contributed by atoms with Crippen LogP contribution in [0.4, 0.5) is 11.4 Å². The number of carbonyl (C=O) groups excluding carboxylic acids is 1. The van der Waals surface area contributed by atoms with Gasteiger partial charge in [-0.2, -0.15) is 0 Å². The molecule has 0 heterocycles. The zero-order valence-electron chi connectivity index (χ0n) is 12.1. The summed E-state index contributed by atoms with van der Waals surface area (Å²) in [5.74, 6) is 1.51. The van der Waals surface area contributed by atoms with Crippen molar-refractivity contribution in [3.63, 3.8) is 0 Å². The van der Waals surface area contributed by atoms with E-state index in [1.165, 1.54) is 26.2 Å². The molecule has 0 aliphatic heterocycles. The molecule has 0 bridgehead atoms. The minimum absolute atomic E-state index is 0.0320. The number of anilines is 2. The lowest BCUT2D eigenvalue weighted by atomic mass is 9.80. The predicted octanol–water partition coefficient (Wildman–Crippen LogP) is 3.88. The molecule has 3 atom stereocenters. The average Bonchev–Trinajstić information content (AvgIpc) is 2.35. The summed E-state index contributed by atoms with van der Waals surface area (Å²) >= 11 is 0. The maximum absolute atomic E-state index is 11.0. The van der Waals surface area contributed by atoms with E-state index < -0.39 is 0 Å². The molecule has 1 aromatic rings. The Morgan fingerprint density at radius 2 is 1.74 bits per heavy atom. The summed E-state index contributed by atoms with van der Waals surface area (Å²) in [6.07, 6.45) is 3.90. The summed E-state index contributed by atoms with van der Waals surface area (Å²) in [6, 6.07) is 8.53. The van der Waals surface area contributed by atoms with Crippen molar-refractivity contribution in [3.05, 3.63) is 24.3 Å². The van der Waals surface area contributed by atoms with E-state index in [1.54, 1.807) is 0 Å². The first-order valence-corrected chi connectivity index (χ1v) is 7.19. The summed E-state index contributed by atoms with van der Waals surface area (Å²) in [4.78, 5) is 11.0. The SMILES string of the molecule is CC(=O)Nc1ccc(NC2CC(C)CCC2C)cc1. The summed E-state index contributed by atoms with van der Waals surface area (Å²) in [6.45, 7) is 6.19. The lowest BCUT2D eigenvalue weighted by Crippen LogP contribution is -2.33. The molecule has 1 aliphatic rings. The molecular weight excluding hydrogens is 236 g/mol. The van der Waals surface area contributed by atoms with E-state index >= 15 is 0 Å². The smallest absolute Gasteiger partial charge is 0.221 e. The maximum atomic E-state index is 11.0. The zero-order valence-corrected chi connectivity index (χ0v) is 12.1. The third-order valence-electron chi connectivity index (χ3n) is 4.02. The second-order valence-electron chi connectivity index (χ2n) is 5.90. The number of hydrogen-bond acceptors (Lipinski definition) is 2. The van der Waals surface area contributed by atoms with Gasteiger partial charge in [0.15, 0.2) is 0 Å². The van der Waals surface area contributed by atoms with Gasteiger partial charge in [-0.1, -0.05) is 20.3 Å². The van der Waals surface area contributed by atoms with Crippen LogP contribution in [0.15, 0.2) is 24.3 Å². The van der Waals surface area contributed by atoms with E-state index in [2.05, 4.69) is 24.5 Å². The van der Waals surface area contributed by atoms with Crippen LogP contribution in [0.25, 0.3) is 0 Å². The van der Waals surface area contributed by atoms with Crippen LogP contribution in [0, 0.1) is 11.8 Å². The van der Waals surface area contributed by atoms with Crippen molar-refractivity contribution in [1.29, 1.82) is 0 Å². The van der Waals surface area contributed by atoms with Crippen LogP contribution in [0.3, 0.4) is 0 Å². The quantitative estimate of drug-likeness (QED) is 0.866.